The third-order valence-corrected chi connectivity index (χ3v) is 2.24. The molecule has 2 N–H and O–H groups in total. The molecule has 88 valence electrons. The Balaban J connectivity index is 2.30. The molecular formula is C12H12FN3O. The maximum absolute atomic E-state index is 13.8. The van der Waals surface area contributed by atoms with Crippen LogP contribution in [-0.4, -0.2) is 9.97 Å². The molecule has 0 saturated heterocycles. The molecule has 0 radical (unpaired) electrons. The third kappa shape index (κ3) is 2.50. The molecule has 1 aromatic heterocycles. The topological polar surface area (TPSA) is 61.0 Å². The van der Waals surface area contributed by atoms with Crippen molar-refractivity contribution in [2.75, 3.05) is 5.73 Å². The number of halogens is 1. The number of hydrogen-bond acceptors (Lipinski definition) is 4. The Morgan fingerprint density at radius 3 is 2.88 bits per heavy atom. The van der Waals surface area contributed by atoms with Crippen molar-refractivity contribution in [2.24, 2.45) is 0 Å². The van der Waals surface area contributed by atoms with Gasteiger partial charge in [-0.25, -0.2) is 4.98 Å². The summed E-state index contributed by atoms with van der Waals surface area (Å²) in [6, 6.07) is 6.74. The lowest BCUT2D eigenvalue weighted by atomic mass is 10.3. The average molecular weight is 233 g/mol. The van der Waals surface area contributed by atoms with Crippen molar-refractivity contribution in [3.05, 3.63) is 42.1 Å². The van der Waals surface area contributed by atoms with Crippen LogP contribution in [0.5, 0.6) is 11.6 Å². The van der Waals surface area contributed by atoms with Crippen molar-refractivity contribution in [3.63, 3.8) is 0 Å². The molecule has 1 heterocycles. The monoisotopic (exact) mass is 233 g/mol. The molecule has 4 nitrogen and oxygen atoms in total. The van der Waals surface area contributed by atoms with Gasteiger partial charge in [-0.1, -0.05) is 13.0 Å². The lowest BCUT2D eigenvalue weighted by molar-refractivity contribution is 0.415. The maximum atomic E-state index is 13.8. The summed E-state index contributed by atoms with van der Waals surface area (Å²) in [7, 11) is 0. The van der Waals surface area contributed by atoms with E-state index in [-0.39, 0.29) is 5.88 Å². The highest BCUT2D eigenvalue weighted by molar-refractivity contribution is 5.44. The molecule has 5 heteroatoms. The molecule has 1 aromatic carbocycles. The predicted molar refractivity (Wildman–Crippen MR) is 62.3 cm³/mol. The fourth-order valence-electron chi connectivity index (χ4n) is 1.40. The normalized spacial score (nSPS) is 10.2. The molecule has 0 aliphatic rings. The summed E-state index contributed by atoms with van der Waals surface area (Å²) in [5, 5.41) is 0. The highest BCUT2D eigenvalue weighted by atomic mass is 19.1. The van der Waals surface area contributed by atoms with Crippen LogP contribution in [0.25, 0.3) is 0 Å². The van der Waals surface area contributed by atoms with E-state index in [1.165, 1.54) is 6.33 Å². The summed E-state index contributed by atoms with van der Waals surface area (Å²) in [6.45, 7) is 1.82. The number of nitrogens with two attached hydrogens (primary N) is 1. The standard InChI is InChI=1S/C12H12FN3O/c1-2-10-11(13)12(16-7-15-10)17-9-5-3-4-8(14)6-9/h3-7H,2,14H2,1H3. The first-order valence-electron chi connectivity index (χ1n) is 5.23. The van der Waals surface area contributed by atoms with Gasteiger partial charge in [0.25, 0.3) is 5.88 Å². The third-order valence-electron chi connectivity index (χ3n) is 2.24. The van der Waals surface area contributed by atoms with E-state index < -0.39 is 5.82 Å². The van der Waals surface area contributed by atoms with Gasteiger partial charge < -0.3 is 10.5 Å². The number of nitrogen functional groups attached to an aromatic ring is 1. The van der Waals surface area contributed by atoms with Crippen LogP contribution in [0.1, 0.15) is 12.6 Å². The summed E-state index contributed by atoms with van der Waals surface area (Å²) >= 11 is 0. The van der Waals surface area contributed by atoms with Crippen LogP contribution in [0.4, 0.5) is 10.1 Å². The smallest absolute Gasteiger partial charge is 0.259 e. The number of benzene rings is 1. The van der Waals surface area contributed by atoms with Gasteiger partial charge in [-0.15, -0.1) is 0 Å². The largest absolute Gasteiger partial charge is 0.436 e. The fraction of sp³-hybridized carbons (Fsp3) is 0.167. The summed E-state index contributed by atoms with van der Waals surface area (Å²) in [4.78, 5) is 7.59. The Bertz CT molecular complexity index is 531. The van der Waals surface area contributed by atoms with Gasteiger partial charge in [0.2, 0.25) is 5.82 Å². The Hall–Kier alpha value is -2.17. The molecule has 0 spiro atoms. The van der Waals surface area contributed by atoms with Crippen LogP contribution in [0.15, 0.2) is 30.6 Å². The van der Waals surface area contributed by atoms with Crippen LogP contribution in [0.3, 0.4) is 0 Å². The summed E-state index contributed by atoms with van der Waals surface area (Å²) in [6.07, 6.45) is 1.77. The second-order valence-corrected chi connectivity index (χ2v) is 3.47. The van der Waals surface area contributed by atoms with Gasteiger partial charge >= 0.3 is 0 Å². The number of aromatic nitrogens is 2. The zero-order chi connectivity index (χ0) is 12.3. The van der Waals surface area contributed by atoms with Crippen molar-refractivity contribution in [2.45, 2.75) is 13.3 Å². The van der Waals surface area contributed by atoms with Crippen molar-refractivity contribution in [3.8, 4) is 11.6 Å². The Morgan fingerprint density at radius 1 is 1.35 bits per heavy atom. The lowest BCUT2D eigenvalue weighted by Gasteiger charge is -2.07. The minimum absolute atomic E-state index is 0.0811. The van der Waals surface area contributed by atoms with E-state index in [1.54, 1.807) is 24.3 Å². The minimum atomic E-state index is -0.530. The lowest BCUT2D eigenvalue weighted by Crippen LogP contribution is -1.99. The van der Waals surface area contributed by atoms with Gasteiger partial charge in [0.05, 0.1) is 5.69 Å². The van der Waals surface area contributed by atoms with E-state index >= 15 is 0 Å². The van der Waals surface area contributed by atoms with Gasteiger partial charge in [0.15, 0.2) is 0 Å². The van der Waals surface area contributed by atoms with Gasteiger partial charge in [-0.2, -0.15) is 9.37 Å². The zero-order valence-corrected chi connectivity index (χ0v) is 9.35. The Labute approximate surface area is 98.3 Å². The average Bonchev–Trinajstić information content (AvgIpc) is 2.32. The first-order chi connectivity index (χ1) is 8.20. The molecule has 0 unspecified atom stereocenters. The van der Waals surface area contributed by atoms with Crippen LogP contribution in [0.2, 0.25) is 0 Å². The molecule has 17 heavy (non-hydrogen) atoms. The number of rotatable bonds is 3. The first-order valence-corrected chi connectivity index (χ1v) is 5.23. The highest BCUT2D eigenvalue weighted by Gasteiger charge is 2.11. The number of aryl methyl sites for hydroxylation is 1. The quantitative estimate of drug-likeness (QED) is 0.827. The molecule has 0 saturated carbocycles. The Morgan fingerprint density at radius 2 is 2.18 bits per heavy atom. The van der Waals surface area contributed by atoms with Crippen molar-refractivity contribution >= 4 is 5.69 Å². The van der Waals surface area contributed by atoms with Gasteiger partial charge in [-0.05, 0) is 18.6 Å². The molecule has 0 fully saturated rings. The second-order valence-electron chi connectivity index (χ2n) is 3.47. The Kier molecular flexibility index (Phi) is 3.18. The van der Waals surface area contributed by atoms with Crippen LogP contribution in [-0.2, 0) is 6.42 Å². The molecule has 0 aliphatic heterocycles. The zero-order valence-electron chi connectivity index (χ0n) is 9.35. The number of anilines is 1. The van der Waals surface area contributed by atoms with Crippen LogP contribution < -0.4 is 10.5 Å². The fourth-order valence-corrected chi connectivity index (χ4v) is 1.40. The SMILES string of the molecule is CCc1ncnc(Oc2cccc(N)c2)c1F. The van der Waals surface area contributed by atoms with Crippen LogP contribution >= 0.6 is 0 Å². The first kappa shape index (κ1) is 11.3. The van der Waals surface area contributed by atoms with Crippen LogP contribution in [0, 0.1) is 5.82 Å². The van der Waals surface area contributed by atoms with E-state index in [2.05, 4.69) is 9.97 Å². The summed E-state index contributed by atoms with van der Waals surface area (Å²) < 4.78 is 19.1. The molecular weight excluding hydrogens is 221 g/mol. The number of nitrogens with zero attached hydrogens (tertiary/aromatic N) is 2. The molecule has 0 amide bonds. The minimum Gasteiger partial charge on any atom is -0.436 e. The molecule has 0 aliphatic carbocycles. The predicted octanol–water partition coefficient (Wildman–Crippen LogP) is 2.55. The number of hydrogen-bond donors (Lipinski definition) is 1. The molecule has 2 aromatic rings. The van der Waals surface area contributed by atoms with E-state index in [0.717, 1.165) is 0 Å². The van der Waals surface area contributed by atoms with Gasteiger partial charge in [-0.3, -0.25) is 0 Å². The highest BCUT2D eigenvalue weighted by Crippen LogP contribution is 2.24. The number of ether oxygens (including phenoxy) is 1. The molecule has 0 atom stereocenters. The van der Waals surface area contributed by atoms with Crippen molar-refractivity contribution < 1.29 is 9.13 Å². The second kappa shape index (κ2) is 4.78. The van der Waals surface area contributed by atoms with E-state index in [0.29, 0.717) is 23.6 Å². The van der Waals surface area contributed by atoms with E-state index in [4.69, 9.17) is 10.5 Å². The molecule has 2 rings (SSSR count). The van der Waals surface area contributed by atoms with Crippen molar-refractivity contribution in [1.29, 1.82) is 0 Å². The molecule has 0 bridgehead atoms. The summed E-state index contributed by atoms with van der Waals surface area (Å²) in [5.74, 6) is -0.162. The van der Waals surface area contributed by atoms with Gasteiger partial charge in [0.1, 0.15) is 12.1 Å². The van der Waals surface area contributed by atoms with Gasteiger partial charge in [0, 0.05) is 11.8 Å². The maximum Gasteiger partial charge on any atom is 0.259 e. The van der Waals surface area contributed by atoms with Crippen molar-refractivity contribution in [1.82, 2.24) is 9.97 Å². The summed E-state index contributed by atoms with van der Waals surface area (Å²) in [5.41, 5.74) is 6.48. The van der Waals surface area contributed by atoms with E-state index in [1.807, 2.05) is 6.92 Å². The van der Waals surface area contributed by atoms with E-state index in [9.17, 15) is 4.39 Å².